The number of amides is 2. The van der Waals surface area contributed by atoms with Crippen LogP contribution >= 0.6 is 22.6 Å². The molecule has 3 heterocycles. The topological polar surface area (TPSA) is 61.9 Å². The van der Waals surface area contributed by atoms with E-state index in [9.17, 15) is 22.8 Å². The van der Waals surface area contributed by atoms with E-state index in [1.54, 1.807) is 19.1 Å². The summed E-state index contributed by atoms with van der Waals surface area (Å²) in [5.74, 6) is -2.43. The van der Waals surface area contributed by atoms with Gasteiger partial charge < -0.3 is 15.0 Å². The zero-order valence-corrected chi connectivity index (χ0v) is 25.6. The zero-order valence-electron chi connectivity index (χ0n) is 23.5. The quantitative estimate of drug-likeness (QED) is 0.246. The number of hydrogen-bond acceptors (Lipinski definition) is 4. The van der Waals surface area contributed by atoms with Gasteiger partial charge in [0.15, 0.2) is 0 Å². The molecule has 2 amide bonds. The lowest BCUT2D eigenvalue weighted by Crippen LogP contribution is -2.44. The van der Waals surface area contributed by atoms with Gasteiger partial charge in [-0.1, -0.05) is 34.7 Å². The second-order valence-corrected chi connectivity index (χ2v) is 12.8. The van der Waals surface area contributed by atoms with Crippen LogP contribution in [0.25, 0.3) is 0 Å². The molecule has 3 atom stereocenters. The third kappa shape index (κ3) is 6.74. The highest BCUT2D eigenvalue weighted by molar-refractivity contribution is 14.1. The molecule has 3 aliphatic heterocycles. The van der Waals surface area contributed by atoms with Gasteiger partial charge in [0, 0.05) is 64.3 Å². The first-order valence-electron chi connectivity index (χ1n) is 14.4. The Bertz CT molecular complexity index is 1280. The normalized spacial score (nSPS) is 23.5. The Hall–Kier alpha value is -2.18. The van der Waals surface area contributed by atoms with E-state index < -0.39 is 17.6 Å². The molecule has 3 aliphatic rings. The van der Waals surface area contributed by atoms with Crippen LogP contribution in [0, 0.1) is 30.3 Å². The molecule has 1 N–H and O–H groups in total. The lowest BCUT2D eigenvalue weighted by Gasteiger charge is -2.36. The summed E-state index contributed by atoms with van der Waals surface area (Å²) in [7, 11) is 0. The van der Waals surface area contributed by atoms with Crippen LogP contribution < -0.4 is 5.32 Å². The third-order valence-corrected chi connectivity index (χ3v) is 9.93. The Morgan fingerprint density at radius 1 is 0.976 bits per heavy atom. The fourth-order valence-corrected chi connectivity index (χ4v) is 7.72. The van der Waals surface area contributed by atoms with Gasteiger partial charge in [0.05, 0.1) is 5.92 Å². The molecular weight excluding hydrogens is 646 g/mol. The summed E-state index contributed by atoms with van der Waals surface area (Å²) in [6, 6.07) is 7.31. The molecule has 2 aromatic rings. The average molecular weight is 684 g/mol. The van der Waals surface area contributed by atoms with Crippen LogP contribution in [0.5, 0.6) is 0 Å². The van der Waals surface area contributed by atoms with Crippen LogP contribution in [0.4, 0.5) is 13.2 Å². The van der Waals surface area contributed by atoms with Gasteiger partial charge in [0.25, 0.3) is 0 Å². The number of halogens is 4. The van der Waals surface area contributed by atoms with Crippen LogP contribution in [0.1, 0.15) is 70.7 Å². The van der Waals surface area contributed by atoms with Crippen LogP contribution in [0.15, 0.2) is 30.3 Å². The molecule has 2 aromatic carbocycles. The maximum Gasteiger partial charge on any atom is 0.227 e. The standard InChI is InChI=1S/C31H37F3IN3O3/c1-18-13-25(30(35)36-19(2)39)24(15-28(18)33)20-5-9-37(10-6-20)31(40)27-17-38(22-7-11-41-12-8-22)16-26(27)23-4-3-21(32)14-29(23)34/h3-4,13-15,20,22,26-27,30H,5-12,16-17H2,1-2H3,(H,36,39). The summed E-state index contributed by atoms with van der Waals surface area (Å²) < 4.78 is 48.6. The lowest BCUT2D eigenvalue weighted by molar-refractivity contribution is -0.136. The molecule has 10 heteroatoms. The monoisotopic (exact) mass is 683 g/mol. The van der Waals surface area contributed by atoms with Crippen molar-refractivity contribution in [2.24, 2.45) is 5.92 Å². The molecule has 0 saturated carbocycles. The van der Waals surface area contributed by atoms with E-state index in [-0.39, 0.29) is 39.6 Å². The molecule has 0 aliphatic carbocycles. The van der Waals surface area contributed by atoms with Crippen LogP contribution in [-0.4, -0.2) is 67.0 Å². The number of rotatable bonds is 6. The summed E-state index contributed by atoms with van der Waals surface area (Å²) in [5.41, 5.74) is 2.67. The number of carbonyl (C=O) groups is 2. The number of nitrogens with zero attached hydrogens (tertiary/aromatic N) is 2. The van der Waals surface area contributed by atoms with E-state index in [0.717, 1.165) is 30.0 Å². The number of hydrogen-bond donors (Lipinski definition) is 1. The van der Waals surface area contributed by atoms with Crippen molar-refractivity contribution in [1.82, 2.24) is 15.1 Å². The highest BCUT2D eigenvalue weighted by Crippen LogP contribution is 2.40. The molecule has 6 nitrogen and oxygen atoms in total. The number of piperidine rings is 1. The van der Waals surface area contributed by atoms with E-state index >= 15 is 0 Å². The Kier molecular flexibility index (Phi) is 9.60. The fraction of sp³-hybridized carbons (Fsp3) is 0.548. The van der Waals surface area contributed by atoms with Crippen LogP contribution in [-0.2, 0) is 14.3 Å². The van der Waals surface area contributed by atoms with Gasteiger partial charge in [-0.2, -0.15) is 0 Å². The number of carbonyl (C=O) groups excluding carboxylic acids is 2. The van der Waals surface area contributed by atoms with Crippen molar-refractivity contribution in [3.8, 4) is 0 Å². The van der Waals surface area contributed by atoms with Gasteiger partial charge >= 0.3 is 0 Å². The summed E-state index contributed by atoms with van der Waals surface area (Å²) in [4.78, 5) is 29.9. The number of ether oxygens (including phenoxy) is 1. The Balaban J connectivity index is 1.33. The van der Waals surface area contributed by atoms with Gasteiger partial charge in [0.1, 0.15) is 21.5 Å². The van der Waals surface area contributed by atoms with E-state index in [1.807, 2.05) is 4.90 Å². The van der Waals surface area contributed by atoms with Crippen LogP contribution in [0.2, 0.25) is 0 Å². The van der Waals surface area contributed by atoms with Crippen LogP contribution in [0.3, 0.4) is 0 Å². The highest BCUT2D eigenvalue weighted by Gasteiger charge is 2.44. The van der Waals surface area contributed by atoms with Gasteiger partial charge in [-0.25, -0.2) is 13.2 Å². The molecule has 222 valence electrons. The maximum atomic E-state index is 15.0. The second kappa shape index (κ2) is 13.0. The number of likely N-dealkylation sites (tertiary alicyclic amines) is 2. The van der Waals surface area contributed by atoms with E-state index in [4.69, 9.17) is 4.74 Å². The predicted molar refractivity (Wildman–Crippen MR) is 158 cm³/mol. The minimum Gasteiger partial charge on any atom is -0.381 e. The minimum absolute atomic E-state index is 0.00735. The van der Waals surface area contributed by atoms with Gasteiger partial charge in [-0.3, -0.25) is 14.5 Å². The molecular formula is C31H37F3IN3O3. The molecule has 0 spiro atoms. The number of benzene rings is 2. The predicted octanol–water partition coefficient (Wildman–Crippen LogP) is 5.58. The first-order valence-corrected chi connectivity index (χ1v) is 15.6. The smallest absolute Gasteiger partial charge is 0.227 e. The lowest BCUT2D eigenvalue weighted by atomic mass is 9.84. The number of nitrogens with one attached hydrogen (secondary N) is 1. The average Bonchev–Trinajstić information content (AvgIpc) is 3.39. The largest absolute Gasteiger partial charge is 0.381 e. The zero-order chi connectivity index (χ0) is 29.3. The number of aryl methyl sites for hydroxylation is 1. The Morgan fingerprint density at radius 2 is 1.68 bits per heavy atom. The number of alkyl halides is 1. The van der Waals surface area contributed by atoms with Crippen molar-refractivity contribution in [1.29, 1.82) is 0 Å². The van der Waals surface area contributed by atoms with E-state index in [1.165, 1.54) is 19.1 Å². The molecule has 5 rings (SSSR count). The maximum absolute atomic E-state index is 15.0. The summed E-state index contributed by atoms with van der Waals surface area (Å²) >= 11 is 2.16. The first kappa shape index (κ1) is 30.3. The Morgan fingerprint density at radius 3 is 2.34 bits per heavy atom. The molecule has 3 unspecified atom stereocenters. The molecule has 41 heavy (non-hydrogen) atoms. The first-order chi connectivity index (χ1) is 19.6. The molecule has 0 radical (unpaired) electrons. The molecule has 0 aromatic heterocycles. The minimum atomic E-state index is -0.630. The summed E-state index contributed by atoms with van der Waals surface area (Å²) in [6.45, 7) is 6.62. The van der Waals surface area contributed by atoms with Crippen molar-refractivity contribution < 1.29 is 27.5 Å². The summed E-state index contributed by atoms with van der Waals surface area (Å²) in [5, 5.41) is 2.90. The van der Waals surface area contributed by atoms with Crippen molar-refractivity contribution in [3.63, 3.8) is 0 Å². The molecule has 0 bridgehead atoms. The van der Waals surface area contributed by atoms with E-state index in [2.05, 4.69) is 32.8 Å². The third-order valence-electron chi connectivity index (χ3n) is 8.95. The van der Waals surface area contributed by atoms with Crippen molar-refractivity contribution in [3.05, 3.63) is 70.0 Å². The van der Waals surface area contributed by atoms with Gasteiger partial charge in [-0.05, 0) is 72.9 Å². The SMILES string of the molecule is CC(=O)NC(I)c1cc(C)c(F)cc1C1CCN(C(=O)C2CN(C3CCOCC3)CC2c2ccc(F)cc2F)CC1. The Labute approximate surface area is 253 Å². The van der Waals surface area contributed by atoms with Crippen molar-refractivity contribution in [2.45, 2.75) is 61.5 Å². The van der Waals surface area contributed by atoms with Crippen molar-refractivity contribution >= 4 is 34.4 Å². The fourth-order valence-electron chi connectivity index (χ4n) is 6.74. The molecule has 3 fully saturated rings. The van der Waals surface area contributed by atoms with Crippen molar-refractivity contribution in [2.75, 3.05) is 39.4 Å². The highest BCUT2D eigenvalue weighted by atomic mass is 127. The van der Waals surface area contributed by atoms with Gasteiger partial charge in [0.2, 0.25) is 11.8 Å². The summed E-state index contributed by atoms with van der Waals surface area (Å²) in [6.07, 6.45) is 3.07. The van der Waals surface area contributed by atoms with E-state index in [0.29, 0.717) is 63.4 Å². The van der Waals surface area contributed by atoms with Gasteiger partial charge in [-0.15, -0.1) is 0 Å². The molecule has 3 saturated heterocycles. The second-order valence-electron chi connectivity index (χ2n) is 11.6.